The van der Waals surface area contributed by atoms with Gasteiger partial charge in [0.15, 0.2) is 14.1 Å². The van der Waals surface area contributed by atoms with Gasteiger partial charge in [-0.1, -0.05) is 45.2 Å². The van der Waals surface area contributed by atoms with Gasteiger partial charge in [0, 0.05) is 11.7 Å². The van der Waals surface area contributed by atoms with Crippen molar-refractivity contribution in [2.75, 3.05) is 10.6 Å². The Morgan fingerprint density at radius 3 is 2.68 bits per heavy atom. The Kier molecular flexibility index (Phi) is 8.61. The zero-order valence-electron chi connectivity index (χ0n) is 20.3. The van der Waals surface area contributed by atoms with Crippen molar-refractivity contribution in [3.05, 3.63) is 39.2 Å². The van der Waals surface area contributed by atoms with Gasteiger partial charge in [-0.3, -0.25) is 0 Å². The van der Waals surface area contributed by atoms with Crippen LogP contribution in [-0.4, -0.2) is 24.3 Å². The Morgan fingerprint density at radius 1 is 1.29 bits per heavy atom. The van der Waals surface area contributed by atoms with E-state index in [4.69, 9.17) is 16.0 Å². The van der Waals surface area contributed by atoms with Crippen molar-refractivity contribution < 1.29 is 8.82 Å². The summed E-state index contributed by atoms with van der Waals surface area (Å²) >= 11 is 9.68. The van der Waals surface area contributed by atoms with Gasteiger partial charge in [0.25, 0.3) is 0 Å². The second-order valence-electron chi connectivity index (χ2n) is 10.3. The fourth-order valence-electron chi connectivity index (χ4n) is 3.59. The van der Waals surface area contributed by atoms with Gasteiger partial charge < -0.3 is 15.1 Å². The normalized spacial score (nSPS) is 18.9. The highest BCUT2D eigenvalue weighted by molar-refractivity contribution is 9.10. The molecule has 6 nitrogen and oxygen atoms in total. The molecule has 3 rings (SSSR count). The highest BCUT2D eigenvalue weighted by Gasteiger charge is 2.37. The Bertz CT molecular complexity index is 1070. The van der Waals surface area contributed by atoms with E-state index >= 15 is 0 Å². The minimum absolute atomic E-state index is 0.0109. The van der Waals surface area contributed by atoms with E-state index in [0.717, 1.165) is 25.7 Å². The zero-order valence-corrected chi connectivity index (χ0v) is 23.6. The van der Waals surface area contributed by atoms with Crippen LogP contribution in [0.2, 0.25) is 23.2 Å². The molecule has 0 aliphatic heterocycles. The van der Waals surface area contributed by atoms with E-state index in [1.54, 1.807) is 0 Å². The van der Waals surface area contributed by atoms with E-state index in [1.807, 2.05) is 6.07 Å². The highest BCUT2D eigenvalue weighted by atomic mass is 79.9. The van der Waals surface area contributed by atoms with Crippen LogP contribution in [-0.2, 0) is 11.0 Å². The van der Waals surface area contributed by atoms with Crippen molar-refractivity contribution >= 4 is 53.3 Å². The van der Waals surface area contributed by atoms with Crippen LogP contribution in [0.4, 0.5) is 21.8 Å². The molecule has 0 radical (unpaired) electrons. The predicted molar refractivity (Wildman–Crippen MR) is 141 cm³/mol. The molecular formula is C24H32BrClFN5OSi. The Hall–Kier alpha value is -1.73. The molecule has 1 aliphatic rings. The number of hydrogen-bond acceptors (Lipinski definition) is 6. The summed E-state index contributed by atoms with van der Waals surface area (Å²) < 4.78 is 21.4. The molecule has 2 atom stereocenters. The van der Waals surface area contributed by atoms with Gasteiger partial charge in [0.1, 0.15) is 10.8 Å². The lowest BCUT2D eigenvalue weighted by molar-refractivity contribution is 0.275. The smallest absolute Gasteiger partial charge is 0.229 e. The number of rotatable bonds is 7. The first-order valence-electron chi connectivity index (χ1n) is 11.5. The number of hydrogen-bond donors (Lipinski definition) is 2. The van der Waals surface area contributed by atoms with E-state index in [2.05, 4.69) is 76.5 Å². The third kappa shape index (κ3) is 6.48. The van der Waals surface area contributed by atoms with Gasteiger partial charge in [-0.25, -0.2) is 9.37 Å². The van der Waals surface area contributed by atoms with Gasteiger partial charge in [-0.05, 0) is 64.6 Å². The maximum Gasteiger partial charge on any atom is 0.229 e. The second kappa shape index (κ2) is 10.9. The van der Waals surface area contributed by atoms with Crippen LogP contribution >= 0.6 is 27.5 Å². The summed E-state index contributed by atoms with van der Waals surface area (Å²) in [6, 6.07) is 5.59. The second-order valence-corrected chi connectivity index (χ2v) is 16.3. The van der Waals surface area contributed by atoms with E-state index in [0.29, 0.717) is 33.2 Å². The van der Waals surface area contributed by atoms with Crippen molar-refractivity contribution in [2.45, 2.75) is 77.2 Å². The molecule has 10 heteroatoms. The summed E-state index contributed by atoms with van der Waals surface area (Å²) in [6.45, 7) is 11.1. The fourth-order valence-corrected chi connectivity index (χ4v) is 5.03. The lowest BCUT2D eigenvalue weighted by atomic mass is 9.85. The van der Waals surface area contributed by atoms with Gasteiger partial charge in [0.2, 0.25) is 5.95 Å². The maximum absolute atomic E-state index is 14.7. The van der Waals surface area contributed by atoms with Crippen LogP contribution in [0.25, 0.3) is 0 Å². The first-order chi connectivity index (χ1) is 15.9. The standard InChI is InChI=1S/C24H32BrClFN5OSi/c1-24(2,3)34(4,5)33-14-16-10-17(11-19(27)21(16)25)30-23-29-13-18(26)22(32-23)31-20-9-7-6-8-15(20)12-28/h10-11,13,15,20H,6-9,14H2,1-5H3,(H2,29,30,31,32)/t15-,20?/m1/s1. The van der Waals surface area contributed by atoms with Crippen molar-refractivity contribution in [1.29, 1.82) is 5.26 Å². The lowest BCUT2D eigenvalue weighted by Crippen LogP contribution is -2.40. The summed E-state index contributed by atoms with van der Waals surface area (Å²) in [5, 5.41) is 16.3. The SMILES string of the molecule is CC(C)(C)[Si](C)(C)OCc1cc(Nc2ncc(Cl)c(NC3CCCC[C@@H]3C#N)n2)cc(F)c1Br. The summed E-state index contributed by atoms with van der Waals surface area (Å²) in [4.78, 5) is 8.74. The predicted octanol–water partition coefficient (Wildman–Crippen LogP) is 7.79. The number of nitrogens with one attached hydrogen (secondary N) is 2. The molecule has 0 saturated heterocycles. The molecule has 1 aliphatic carbocycles. The Labute approximate surface area is 215 Å². The summed E-state index contributed by atoms with van der Waals surface area (Å²) in [5.41, 5.74) is 1.22. The lowest BCUT2D eigenvalue weighted by Gasteiger charge is -2.36. The van der Waals surface area contributed by atoms with Crippen molar-refractivity contribution in [3.8, 4) is 6.07 Å². The molecule has 184 valence electrons. The first-order valence-corrected chi connectivity index (χ1v) is 15.6. The van der Waals surface area contributed by atoms with Crippen molar-refractivity contribution in [3.63, 3.8) is 0 Å². The van der Waals surface area contributed by atoms with Crippen LogP contribution in [0.1, 0.15) is 52.0 Å². The fraction of sp³-hybridized carbons (Fsp3) is 0.542. The molecule has 1 aromatic carbocycles. The average molecular weight is 569 g/mol. The Balaban J connectivity index is 1.79. The number of nitriles is 1. The molecule has 2 aromatic rings. The minimum Gasteiger partial charge on any atom is -0.413 e. The number of benzene rings is 1. The third-order valence-electron chi connectivity index (χ3n) is 6.75. The van der Waals surface area contributed by atoms with Gasteiger partial charge in [-0.2, -0.15) is 10.2 Å². The monoisotopic (exact) mass is 567 g/mol. The molecule has 0 amide bonds. The summed E-state index contributed by atoms with van der Waals surface area (Å²) in [5.74, 6) is 0.269. The number of aromatic nitrogens is 2. The summed E-state index contributed by atoms with van der Waals surface area (Å²) in [7, 11) is -2.00. The minimum atomic E-state index is -2.00. The molecule has 0 bridgehead atoms. The number of anilines is 3. The molecule has 1 fully saturated rings. The molecule has 1 aromatic heterocycles. The topological polar surface area (TPSA) is 82.9 Å². The molecule has 1 saturated carbocycles. The number of halogens is 3. The van der Waals surface area contributed by atoms with Crippen LogP contribution < -0.4 is 10.6 Å². The summed E-state index contributed by atoms with van der Waals surface area (Å²) in [6.07, 6.45) is 5.36. The van der Waals surface area contributed by atoms with Crippen LogP contribution in [0.3, 0.4) is 0 Å². The van der Waals surface area contributed by atoms with E-state index in [-0.39, 0.29) is 22.9 Å². The molecular weight excluding hydrogens is 537 g/mol. The van der Waals surface area contributed by atoms with Crippen LogP contribution in [0, 0.1) is 23.1 Å². The first kappa shape index (κ1) is 26.9. The molecule has 1 heterocycles. The molecule has 34 heavy (non-hydrogen) atoms. The molecule has 0 spiro atoms. The van der Waals surface area contributed by atoms with Crippen molar-refractivity contribution in [2.24, 2.45) is 5.92 Å². The van der Waals surface area contributed by atoms with Crippen molar-refractivity contribution in [1.82, 2.24) is 9.97 Å². The quantitative estimate of drug-likeness (QED) is 0.332. The van der Waals surface area contributed by atoms with Crippen LogP contribution in [0.15, 0.2) is 22.8 Å². The largest absolute Gasteiger partial charge is 0.413 e. The van der Waals surface area contributed by atoms with E-state index in [1.165, 1.54) is 12.3 Å². The third-order valence-corrected chi connectivity index (χ3v) is 12.4. The number of nitrogens with zero attached hydrogens (tertiary/aromatic N) is 3. The van der Waals surface area contributed by atoms with Crippen LogP contribution in [0.5, 0.6) is 0 Å². The van der Waals surface area contributed by atoms with E-state index < -0.39 is 14.1 Å². The van der Waals surface area contributed by atoms with Gasteiger partial charge >= 0.3 is 0 Å². The van der Waals surface area contributed by atoms with E-state index in [9.17, 15) is 9.65 Å². The highest BCUT2D eigenvalue weighted by Crippen LogP contribution is 2.38. The average Bonchev–Trinajstić information content (AvgIpc) is 2.77. The Morgan fingerprint density at radius 2 is 2.00 bits per heavy atom. The van der Waals surface area contributed by atoms with Gasteiger partial charge in [0.05, 0.1) is 29.3 Å². The molecule has 2 N–H and O–H groups in total. The maximum atomic E-state index is 14.7. The molecule has 1 unspecified atom stereocenters. The zero-order chi connectivity index (χ0) is 25.1. The van der Waals surface area contributed by atoms with Gasteiger partial charge in [-0.15, -0.1) is 0 Å².